The van der Waals surface area contributed by atoms with Gasteiger partial charge in [-0.25, -0.2) is 0 Å². The van der Waals surface area contributed by atoms with Gasteiger partial charge >= 0.3 is 0 Å². The highest BCUT2D eigenvalue weighted by Gasteiger charge is 2.24. The number of hydrogen-bond acceptors (Lipinski definition) is 7. The minimum atomic E-state index is 0.121. The summed E-state index contributed by atoms with van der Waals surface area (Å²) < 4.78 is 0. The lowest BCUT2D eigenvalue weighted by Gasteiger charge is -2.34. The molecule has 3 aromatic carbocycles. The number of rotatable bonds is 9. The van der Waals surface area contributed by atoms with Crippen LogP contribution < -0.4 is 27.4 Å². The molecule has 0 bridgehead atoms. The normalized spacial score (nSPS) is 22.1. The molecule has 4 aromatic rings. The summed E-state index contributed by atoms with van der Waals surface area (Å²) >= 11 is 8.72. The van der Waals surface area contributed by atoms with Crippen molar-refractivity contribution in [2.45, 2.75) is 86.0 Å². The Labute approximate surface area is 291 Å². The summed E-state index contributed by atoms with van der Waals surface area (Å²) in [6.45, 7) is 7.18. The van der Waals surface area contributed by atoms with Gasteiger partial charge in [0.2, 0.25) is 0 Å². The van der Waals surface area contributed by atoms with Gasteiger partial charge < -0.3 is 37.3 Å². The van der Waals surface area contributed by atoms with Crippen molar-refractivity contribution in [1.29, 1.82) is 0 Å². The van der Waals surface area contributed by atoms with Crippen molar-refractivity contribution in [2.75, 3.05) is 39.8 Å². The van der Waals surface area contributed by atoms with Crippen LogP contribution in [-0.4, -0.2) is 67.8 Å². The number of nitrogens with zero attached hydrogens (tertiary/aromatic N) is 1. The van der Waals surface area contributed by atoms with Gasteiger partial charge in [0.05, 0.1) is 5.02 Å². The summed E-state index contributed by atoms with van der Waals surface area (Å²) in [5.41, 5.74) is 17.0. The fourth-order valence-electron chi connectivity index (χ4n) is 6.69. The summed E-state index contributed by atoms with van der Waals surface area (Å²) in [6, 6.07) is 24.7. The number of unbranched alkanes of at least 4 members (excludes halogenated alkanes) is 1. The monoisotopic (exact) mass is 675 g/mol. The number of benzene rings is 3. The molecular formula is C38H54ClN7S. The van der Waals surface area contributed by atoms with E-state index < -0.39 is 0 Å². The summed E-state index contributed by atoms with van der Waals surface area (Å²) in [4.78, 5) is 8.41. The minimum Gasteiger partial charge on any atom is -0.361 e. The maximum absolute atomic E-state index is 6.94. The third-order valence-corrected chi connectivity index (χ3v) is 11.3. The van der Waals surface area contributed by atoms with E-state index in [0.29, 0.717) is 18.6 Å². The maximum Gasteiger partial charge on any atom is 0.0548 e. The number of para-hydroxylation sites is 1. The average molecular weight is 676 g/mol. The van der Waals surface area contributed by atoms with E-state index in [1.165, 1.54) is 32.5 Å². The predicted octanol–water partition coefficient (Wildman–Crippen LogP) is 6.46. The van der Waals surface area contributed by atoms with Crippen LogP contribution in [0.1, 0.15) is 61.8 Å². The zero-order valence-electron chi connectivity index (χ0n) is 28.1. The summed E-state index contributed by atoms with van der Waals surface area (Å²) in [5, 5.41) is 13.9. The number of nitrogens with one attached hydrogen (secondary N) is 4. The maximum atomic E-state index is 6.94. The van der Waals surface area contributed by atoms with Crippen LogP contribution in [0.3, 0.4) is 0 Å². The van der Waals surface area contributed by atoms with Crippen molar-refractivity contribution in [2.24, 2.45) is 11.5 Å². The molecule has 7 nitrogen and oxygen atoms in total. The number of likely N-dealkylation sites (N-methyl/N-ethyl adjacent to an activating group) is 1. The quantitative estimate of drug-likeness (QED) is 0.113. The van der Waals surface area contributed by atoms with Crippen molar-refractivity contribution < 1.29 is 0 Å². The highest BCUT2D eigenvalue weighted by Crippen LogP contribution is 2.40. The predicted molar refractivity (Wildman–Crippen MR) is 200 cm³/mol. The van der Waals surface area contributed by atoms with Gasteiger partial charge in [-0.05, 0) is 94.1 Å². The first-order valence-electron chi connectivity index (χ1n) is 17.4. The molecule has 0 saturated carbocycles. The smallest absolute Gasteiger partial charge is 0.0548 e. The molecule has 0 amide bonds. The number of halogens is 1. The third kappa shape index (κ3) is 10.1. The van der Waals surface area contributed by atoms with E-state index in [-0.39, 0.29) is 12.1 Å². The second-order valence-electron chi connectivity index (χ2n) is 13.1. The number of hydrogen-bond donors (Lipinski definition) is 6. The Bertz CT molecular complexity index is 1530. The first-order valence-corrected chi connectivity index (χ1v) is 18.6. The van der Waals surface area contributed by atoms with Crippen LogP contribution in [-0.2, 0) is 13.0 Å². The van der Waals surface area contributed by atoms with Gasteiger partial charge in [-0.2, -0.15) is 0 Å². The van der Waals surface area contributed by atoms with Crippen LogP contribution in [0.25, 0.3) is 10.9 Å². The third-order valence-electron chi connectivity index (χ3n) is 9.57. The topological polar surface area (TPSA) is 107 Å². The molecule has 9 heteroatoms. The van der Waals surface area contributed by atoms with Gasteiger partial charge in [-0.15, -0.1) is 0 Å². The Morgan fingerprint density at radius 3 is 2.49 bits per heavy atom. The molecule has 8 N–H and O–H groups in total. The lowest BCUT2D eigenvalue weighted by atomic mass is 10.0. The lowest BCUT2D eigenvalue weighted by molar-refractivity contribution is 0.198. The van der Waals surface area contributed by atoms with Crippen LogP contribution in [0, 0.1) is 0 Å². The Balaban J connectivity index is 1.48. The van der Waals surface area contributed by atoms with Gasteiger partial charge in [-0.3, -0.25) is 0 Å². The number of nitrogens with two attached hydrogens (primary N) is 2. The first kappa shape index (κ1) is 35.9. The molecule has 0 unspecified atom stereocenters. The van der Waals surface area contributed by atoms with E-state index in [9.17, 15) is 0 Å². The van der Waals surface area contributed by atoms with Gasteiger partial charge in [0.1, 0.15) is 0 Å². The van der Waals surface area contributed by atoms with E-state index in [2.05, 4.69) is 107 Å². The Kier molecular flexibility index (Phi) is 14.0. The fourth-order valence-corrected chi connectivity index (χ4v) is 8.15. The molecule has 254 valence electrons. The molecule has 1 aliphatic heterocycles. The molecule has 5 rings (SSSR count). The van der Waals surface area contributed by atoms with Gasteiger partial charge in [0.15, 0.2) is 0 Å². The van der Waals surface area contributed by atoms with Crippen LogP contribution in [0.4, 0.5) is 0 Å². The molecule has 2 heterocycles. The standard InChI is InChI=1S/C38H54ClN7S/c1-27-33-15-9-16-35(39)38(33)47-37-18-6-3-11-28(37)22-43-30(13-10-20-41)24-44-31(12-7-8-19-40)26-46(2)32(25-42-27)21-29-23-45-36-17-5-4-14-34(29)36/h3-6,9,11,14-18,23,27,30-32,42-45H,7-8,10,12-13,19-22,24-26,40-41H2,1-2H3/t27-,30-,31-,32-/m0/s1. The number of H-pyrrole nitrogens is 1. The average Bonchev–Trinajstić information content (AvgIpc) is 3.49. The van der Waals surface area contributed by atoms with E-state index in [0.717, 1.165) is 81.2 Å². The molecule has 1 aliphatic rings. The van der Waals surface area contributed by atoms with Crippen molar-refractivity contribution in [1.82, 2.24) is 25.8 Å². The van der Waals surface area contributed by atoms with E-state index in [1.807, 2.05) is 6.07 Å². The minimum absolute atomic E-state index is 0.121. The molecular weight excluding hydrogens is 622 g/mol. The highest BCUT2D eigenvalue weighted by atomic mass is 35.5. The SMILES string of the molecule is C[C@@H]1NC[C@H](Cc2c[nH]c3ccccc23)N(C)C[C@H](CCCCN)NC[C@H](CCCN)NCc2ccccc2Sc2c(Cl)cccc21. The lowest BCUT2D eigenvalue weighted by Crippen LogP contribution is -2.50. The molecule has 0 fully saturated rings. The molecule has 4 atom stereocenters. The van der Waals surface area contributed by atoms with Crippen LogP contribution in [0.2, 0.25) is 5.02 Å². The molecule has 1 aromatic heterocycles. The Morgan fingerprint density at radius 1 is 0.851 bits per heavy atom. The number of fused-ring (bicyclic) bond motifs is 3. The zero-order valence-corrected chi connectivity index (χ0v) is 29.7. The highest BCUT2D eigenvalue weighted by molar-refractivity contribution is 7.99. The van der Waals surface area contributed by atoms with Gasteiger partial charge in [0, 0.05) is 77.2 Å². The van der Waals surface area contributed by atoms with Crippen LogP contribution in [0.5, 0.6) is 0 Å². The van der Waals surface area contributed by atoms with E-state index in [1.54, 1.807) is 11.8 Å². The molecule has 0 saturated heterocycles. The second-order valence-corrected chi connectivity index (χ2v) is 14.5. The van der Waals surface area contributed by atoms with Gasteiger partial charge in [-0.1, -0.05) is 78.3 Å². The van der Waals surface area contributed by atoms with Crippen molar-refractivity contribution in [3.63, 3.8) is 0 Å². The second kappa shape index (κ2) is 18.4. The van der Waals surface area contributed by atoms with Crippen LogP contribution in [0.15, 0.2) is 82.7 Å². The van der Waals surface area contributed by atoms with Crippen molar-refractivity contribution in [3.8, 4) is 0 Å². The number of aromatic nitrogens is 1. The van der Waals surface area contributed by atoms with Crippen LogP contribution >= 0.6 is 23.4 Å². The molecule has 0 radical (unpaired) electrons. The fraction of sp³-hybridized carbons (Fsp3) is 0.474. The molecule has 0 aliphatic carbocycles. The summed E-state index contributed by atoms with van der Waals surface area (Å²) in [7, 11) is 2.29. The summed E-state index contributed by atoms with van der Waals surface area (Å²) in [6.07, 6.45) is 8.42. The Morgan fingerprint density at radius 2 is 1.64 bits per heavy atom. The molecule has 47 heavy (non-hydrogen) atoms. The molecule has 0 spiro atoms. The van der Waals surface area contributed by atoms with E-state index >= 15 is 0 Å². The van der Waals surface area contributed by atoms with Crippen molar-refractivity contribution >= 4 is 34.3 Å². The van der Waals surface area contributed by atoms with Crippen molar-refractivity contribution in [3.05, 3.63) is 94.6 Å². The number of aromatic amines is 1. The van der Waals surface area contributed by atoms with Gasteiger partial charge in [0.25, 0.3) is 0 Å². The largest absolute Gasteiger partial charge is 0.361 e. The van der Waals surface area contributed by atoms with E-state index in [4.69, 9.17) is 23.1 Å². The Hall–Kier alpha value is -2.40. The summed E-state index contributed by atoms with van der Waals surface area (Å²) in [5.74, 6) is 0. The first-order chi connectivity index (χ1) is 23.0. The zero-order chi connectivity index (χ0) is 33.0.